The fraction of sp³-hybridized carbons (Fsp3) is 1.00. The van der Waals surface area contributed by atoms with Gasteiger partial charge in [0.1, 0.15) is 0 Å². The number of rotatable bonds is 10. The largest absolute Gasteiger partial charge is 0.392 e. The van der Waals surface area contributed by atoms with Gasteiger partial charge in [-0.05, 0) is 6.42 Å². The van der Waals surface area contributed by atoms with Crippen LogP contribution in [0.2, 0.25) is 39.3 Å². The minimum Gasteiger partial charge on any atom is -0.392 e. The Hall–Kier alpha value is 0.874. The van der Waals surface area contributed by atoms with Gasteiger partial charge in [-0.2, -0.15) is 0 Å². The molecule has 0 aromatic rings. The van der Waals surface area contributed by atoms with E-state index in [0.29, 0.717) is 0 Å². The Morgan fingerprint density at radius 2 is 1.25 bits per heavy atom. The molecule has 20 heavy (non-hydrogen) atoms. The van der Waals surface area contributed by atoms with Crippen molar-refractivity contribution in [2.24, 2.45) is 0 Å². The van der Waals surface area contributed by atoms with Gasteiger partial charge in [-0.1, -0.05) is 101 Å². The van der Waals surface area contributed by atoms with Gasteiger partial charge in [0.05, 0.1) is 22.3 Å². The molecular formula is C16H37BrOSi2. The maximum Gasteiger partial charge on any atom is 0.0643 e. The van der Waals surface area contributed by atoms with Crippen molar-refractivity contribution >= 4 is 32.1 Å². The van der Waals surface area contributed by atoms with Crippen molar-refractivity contribution in [2.75, 3.05) is 0 Å². The quantitative estimate of drug-likeness (QED) is 0.280. The lowest BCUT2D eigenvalue weighted by Gasteiger charge is -2.50. The first-order chi connectivity index (χ1) is 8.98. The van der Waals surface area contributed by atoms with E-state index in [2.05, 4.69) is 62.1 Å². The van der Waals surface area contributed by atoms with Gasteiger partial charge in [-0.25, -0.2) is 0 Å². The molecule has 0 saturated heterocycles. The number of aliphatic hydroxyl groups is 1. The highest BCUT2D eigenvalue weighted by atomic mass is 79.9. The number of hydrogen-bond donors (Lipinski definition) is 1. The summed E-state index contributed by atoms with van der Waals surface area (Å²) in [6, 6.07) is 0. The molecule has 0 aromatic heterocycles. The lowest BCUT2D eigenvalue weighted by atomic mass is 10.1. The summed E-state index contributed by atoms with van der Waals surface area (Å²) in [7, 11) is -2.92. The van der Waals surface area contributed by atoms with Crippen LogP contribution in [0, 0.1) is 0 Å². The van der Waals surface area contributed by atoms with Crippen LogP contribution in [0.25, 0.3) is 0 Å². The van der Waals surface area contributed by atoms with Crippen LogP contribution in [0.3, 0.4) is 0 Å². The summed E-state index contributed by atoms with van der Waals surface area (Å²) in [6.45, 7) is 16.6. The van der Waals surface area contributed by atoms with Crippen LogP contribution in [0.4, 0.5) is 0 Å². The van der Waals surface area contributed by atoms with E-state index in [4.69, 9.17) is 0 Å². The molecule has 122 valence electrons. The molecule has 0 radical (unpaired) electrons. The third kappa shape index (κ3) is 5.58. The molecule has 0 rings (SSSR count). The van der Waals surface area contributed by atoms with Gasteiger partial charge in [0, 0.05) is 3.57 Å². The molecule has 0 aliphatic rings. The molecule has 0 aromatic carbocycles. The van der Waals surface area contributed by atoms with Crippen LogP contribution in [-0.4, -0.2) is 30.9 Å². The summed E-state index contributed by atoms with van der Waals surface area (Å²) in [4.78, 5) is 0. The zero-order valence-electron chi connectivity index (χ0n) is 14.9. The summed E-state index contributed by atoms with van der Waals surface area (Å²) >= 11 is 4.06. The molecule has 0 bridgehead atoms. The number of aliphatic hydroxyl groups excluding tert-OH is 1. The van der Waals surface area contributed by atoms with E-state index >= 15 is 0 Å². The first-order valence-corrected chi connectivity index (χ1v) is 16.1. The third-order valence-corrected chi connectivity index (χ3v) is 21.7. The normalized spacial score (nSPS) is 15.4. The predicted molar refractivity (Wildman–Crippen MR) is 102 cm³/mol. The van der Waals surface area contributed by atoms with E-state index in [1.165, 1.54) is 38.5 Å². The summed E-state index contributed by atoms with van der Waals surface area (Å²) in [5.41, 5.74) is 0. The molecule has 1 unspecified atom stereocenters. The summed E-state index contributed by atoms with van der Waals surface area (Å²) in [5.74, 6) is 0. The average molecular weight is 382 g/mol. The van der Waals surface area contributed by atoms with Gasteiger partial charge in [0.2, 0.25) is 0 Å². The number of alkyl halides is 1. The molecule has 0 aliphatic heterocycles. The van der Waals surface area contributed by atoms with Crippen LogP contribution in [0.5, 0.6) is 0 Å². The van der Waals surface area contributed by atoms with Gasteiger partial charge in [0.25, 0.3) is 0 Å². The van der Waals surface area contributed by atoms with Crippen LogP contribution in [0.1, 0.15) is 51.9 Å². The second-order valence-corrected chi connectivity index (χ2v) is 22.1. The van der Waals surface area contributed by atoms with Gasteiger partial charge in [-0.3, -0.25) is 0 Å². The van der Waals surface area contributed by atoms with Crippen LogP contribution in [0.15, 0.2) is 0 Å². The smallest absolute Gasteiger partial charge is 0.0643 e. The summed E-state index contributed by atoms with van der Waals surface area (Å²) in [6.07, 6.45) is 8.58. The highest BCUT2D eigenvalue weighted by Crippen LogP contribution is 2.43. The fourth-order valence-electron chi connectivity index (χ4n) is 3.44. The second kappa shape index (κ2) is 8.49. The molecule has 1 nitrogen and oxygen atoms in total. The number of unbranched alkanes of at least 4 members (excludes halogenated alkanes) is 5. The zero-order valence-corrected chi connectivity index (χ0v) is 18.4. The summed E-state index contributed by atoms with van der Waals surface area (Å²) < 4.78 is 0.0242. The van der Waals surface area contributed by atoms with E-state index in [0.717, 1.165) is 6.42 Å². The maximum absolute atomic E-state index is 10.9. The maximum atomic E-state index is 10.9. The van der Waals surface area contributed by atoms with Crippen LogP contribution >= 0.6 is 15.9 Å². The van der Waals surface area contributed by atoms with Crippen molar-refractivity contribution < 1.29 is 5.11 Å². The van der Waals surface area contributed by atoms with Crippen molar-refractivity contribution in [3.05, 3.63) is 0 Å². The Balaban J connectivity index is 4.50. The Kier molecular flexibility index (Phi) is 8.86. The molecule has 4 heteroatoms. The van der Waals surface area contributed by atoms with Crippen LogP contribution in [-0.2, 0) is 0 Å². The Bertz CT molecular complexity index is 255. The fourth-order valence-corrected chi connectivity index (χ4v) is 15.0. The van der Waals surface area contributed by atoms with Gasteiger partial charge in [-0.15, -0.1) is 0 Å². The van der Waals surface area contributed by atoms with E-state index in [-0.39, 0.29) is 9.67 Å². The van der Waals surface area contributed by atoms with E-state index < -0.39 is 16.1 Å². The van der Waals surface area contributed by atoms with E-state index in [1.807, 2.05) is 0 Å². The van der Waals surface area contributed by atoms with Crippen molar-refractivity contribution in [3.63, 3.8) is 0 Å². The van der Waals surface area contributed by atoms with Crippen molar-refractivity contribution in [2.45, 2.75) is 101 Å². The van der Waals surface area contributed by atoms with Crippen LogP contribution < -0.4 is 0 Å². The first-order valence-electron chi connectivity index (χ1n) is 8.35. The molecule has 0 saturated carbocycles. The molecular weight excluding hydrogens is 344 g/mol. The minimum atomic E-state index is -1.46. The summed E-state index contributed by atoms with van der Waals surface area (Å²) in [5, 5.41) is 10.9. The van der Waals surface area contributed by atoms with Crippen molar-refractivity contribution in [1.29, 1.82) is 0 Å². The topological polar surface area (TPSA) is 20.2 Å². The zero-order chi connectivity index (χ0) is 16.0. The molecule has 0 amide bonds. The molecule has 1 N–H and O–H groups in total. The lowest BCUT2D eigenvalue weighted by molar-refractivity contribution is 0.162. The van der Waals surface area contributed by atoms with Crippen molar-refractivity contribution in [3.8, 4) is 0 Å². The van der Waals surface area contributed by atoms with Gasteiger partial charge < -0.3 is 5.11 Å². The monoisotopic (exact) mass is 380 g/mol. The number of halogens is 1. The molecule has 0 fully saturated rings. The minimum absolute atomic E-state index is 0.0242. The molecule has 1 atom stereocenters. The van der Waals surface area contributed by atoms with Gasteiger partial charge in [0.15, 0.2) is 0 Å². The highest BCUT2D eigenvalue weighted by Gasteiger charge is 2.54. The molecule has 0 spiro atoms. The Morgan fingerprint density at radius 1 is 0.850 bits per heavy atom. The van der Waals surface area contributed by atoms with E-state index in [1.54, 1.807) is 0 Å². The first kappa shape index (κ1) is 20.9. The molecule has 0 aliphatic carbocycles. The Labute approximate surface area is 138 Å². The number of hydrogen-bond acceptors (Lipinski definition) is 1. The van der Waals surface area contributed by atoms with E-state index in [9.17, 15) is 5.11 Å². The molecule has 0 heterocycles. The SMILES string of the molecule is CCCCCCCCC(O)C(Br)([Si](C)(C)C)[Si](C)(C)C. The average Bonchev–Trinajstić information content (AvgIpc) is 2.29. The predicted octanol–water partition coefficient (Wildman–Crippen LogP) is 5.99. The highest BCUT2D eigenvalue weighted by molar-refractivity contribution is 9.11. The second-order valence-electron chi connectivity index (χ2n) is 8.28. The van der Waals surface area contributed by atoms with Gasteiger partial charge >= 0.3 is 0 Å². The lowest BCUT2D eigenvalue weighted by Crippen LogP contribution is -2.68. The standard InChI is InChI=1S/C16H37BrOSi2/c1-8-9-10-11-12-13-14-15(18)16(17,19(2,3)4)20(5,6)7/h15,18H,8-14H2,1-7H3. The Morgan fingerprint density at radius 3 is 1.65 bits per heavy atom. The van der Waals surface area contributed by atoms with Crippen molar-refractivity contribution in [1.82, 2.24) is 0 Å². The third-order valence-electron chi connectivity index (χ3n) is 4.47.